The molecule has 2 saturated carbocycles. The van der Waals surface area contributed by atoms with Gasteiger partial charge < -0.3 is 16.4 Å². The molecule has 2 aliphatic rings. The SMILES string of the molecule is NC1C2CCCC1CC(C(=O)NCC(=O)Nc1ccc(F)cc1)C2. The molecule has 2 amide bonds. The van der Waals surface area contributed by atoms with Gasteiger partial charge in [0.05, 0.1) is 6.54 Å². The third-order valence-corrected chi connectivity index (χ3v) is 5.33. The maximum absolute atomic E-state index is 12.8. The maximum Gasteiger partial charge on any atom is 0.243 e. The zero-order valence-corrected chi connectivity index (χ0v) is 13.6. The highest BCUT2D eigenvalue weighted by Crippen LogP contribution is 2.41. The van der Waals surface area contributed by atoms with Gasteiger partial charge in [-0.05, 0) is 61.8 Å². The van der Waals surface area contributed by atoms with Crippen LogP contribution < -0.4 is 16.4 Å². The van der Waals surface area contributed by atoms with Crippen LogP contribution in [0.5, 0.6) is 0 Å². The quantitative estimate of drug-likeness (QED) is 0.788. The Hall–Kier alpha value is -1.95. The number of anilines is 1. The Morgan fingerprint density at radius 1 is 1.12 bits per heavy atom. The minimum Gasteiger partial charge on any atom is -0.347 e. The summed E-state index contributed by atoms with van der Waals surface area (Å²) >= 11 is 0. The minimum atomic E-state index is -0.359. The summed E-state index contributed by atoms with van der Waals surface area (Å²) in [5.41, 5.74) is 6.75. The lowest BCUT2D eigenvalue weighted by Gasteiger charge is -2.43. The fourth-order valence-corrected chi connectivity index (χ4v) is 4.05. The first-order valence-electron chi connectivity index (χ1n) is 8.61. The number of carbonyl (C=O) groups excluding carboxylic acids is 2. The molecule has 4 N–H and O–H groups in total. The van der Waals surface area contributed by atoms with Crippen LogP contribution in [0.1, 0.15) is 32.1 Å². The lowest BCUT2D eigenvalue weighted by atomic mass is 9.65. The van der Waals surface area contributed by atoms with E-state index in [4.69, 9.17) is 5.73 Å². The van der Waals surface area contributed by atoms with Gasteiger partial charge in [-0.25, -0.2) is 4.39 Å². The number of hydrogen-bond donors (Lipinski definition) is 3. The molecule has 130 valence electrons. The molecule has 1 aromatic rings. The number of rotatable bonds is 4. The first-order valence-corrected chi connectivity index (χ1v) is 8.61. The molecule has 0 heterocycles. The summed E-state index contributed by atoms with van der Waals surface area (Å²) in [5.74, 6) is 0.0828. The van der Waals surface area contributed by atoms with Gasteiger partial charge in [0.2, 0.25) is 11.8 Å². The van der Waals surface area contributed by atoms with Gasteiger partial charge in [-0.15, -0.1) is 0 Å². The maximum atomic E-state index is 12.8. The van der Waals surface area contributed by atoms with E-state index in [1.54, 1.807) is 0 Å². The van der Waals surface area contributed by atoms with Crippen molar-refractivity contribution in [3.63, 3.8) is 0 Å². The smallest absolute Gasteiger partial charge is 0.243 e. The van der Waals surface area contributed by atoms with Gasteiger partial charge in [0.1, 0.15) is 5.82 Å². The van der Waals surface area contributed by atoms with Crippen LogP contribution in [-0.2, 0) is 9.59 Å². The van der Waals surface area contributed by atoms with Gasteiger partial charge in [-0.2, -0.15) is 0 Å². The Kier molecular flexibility index (Phi) is 5.14. The van der Waals surface area contributed by atoms with Gasteiger partial charge in [0, 0.05) is 17.6 Å². The number of fused-ring (bicyclic) bond motifs is 2. The highest BCUT2D eigenvalue weighted by molar-refractivity contribution is 5.94. The minimum absolute atomic E-state index is 0.0429. The Morgan fingerprint density at radius 2 is 1.75 bits per heavy atom. The second-order valence-corrected chi connectivity index (χ2v) is 6.97. The zero-order valence-electron chi connectivity index (χ0n) is 13.6. The number of halogens is 1. The summed E-state index contributed by atoms with van der Waals surface area (Å²) in [4.78, 5) is 24.2. The molecule has 0 aromatic heterocycles. The number of benzene rings is 1. The molecule has 3 rings (SSSR count). The molecular formula is C18H24FN3O2. The number of amides is 2. The number of nitrogens with one attached hydrogen (secondary N) is 2. The molecule has 6 heteroatoms. The van der Waals surface area contributed by atoms with Crippen LogP contribution in [0.15, 0.2) is 24.3 Å². The lowest BCUT2D eigenvalue weighted by molar-refractivity contribution is -0.129. The molecule has 24 heavy (non-hydrogen) atoms. The number of nitrogens with two attached hydrogens (primary N) is 1. The molecule has 2 bridgehead atoms. The predicted molar refractivity (Wildman–Crippen MR) is 89.6 cm³/mol. The largest absolute Gasteiger partial charge is 0.347 e. The van der Waals surface area contributed by atoms with E-state index in [0.29, 0.717) is 17.5 Å². The monoisotopic (exact) mass is 333 g/mol. The fourth-order valence-electron chi connectivity index (χ4n) is 4.05. The highest BCUT2D eigenvalue weighted by Gasteiger charge is 2.40. The summed E-state index contributed by atoms with van der Waals surface area (Å²) in [5, 5.41) is 5.36. The molecule has 5 nitrogen and oxygen atoms in total. The zero-order chi connectivity index (χ0) is 17.1. The van der Waals surface area contributed by atoms with Crippen molar-refractivity contribution in [2.75, 3.05) is 11.9 Å². The van der Waals surface area contributed by atoms with E-state index in [-0.39, 0.29) is 36.1 Å². The Balaban J connectivity index is 1.47. The number of hydrogen-bond acceptors (Lipinski definition) is 3. The Bertz CT molecular complexity index is 591. The molecule has 2 aliphatic carbocycles. The van der Waals surface area contributed by atoms with E-state index in [1.165, 1.54) is 30.7 Å². The van der Waals surface area contributed by atoms with Crippen molar-refractivity contribution in [1.82, 2.24) is 5.32 Å². The van der Waals surface area contributed by atoms with E-state index in [0.717, 1.165) is 25.7 Å². The number of carbonyl (C=O) groups is 2. The predicted octanol–water partition coefficient (Wildman–Crippen LogP) is 2.03. The summed E-state index contributed by atoms with van der Waals surface area (Å²) in [7, 11) is 0. The van der Waals surface area contributed by atoms with Crippen LogP contribution in [0, 0.1) is 23.6 Å². The van der Waals surface area contributed by atoms with Gasteiger partial charge in [-0.3, -0.25) is 9.59 Å². The molecule has 2 unspecified atom stereocenters. The second-order valence-electron chi connectivity index (χ2n) is 6.97. The topological polar surface area (TPSA) is 84.2 Å². The van der Waals surface area contributed by atoms with Crippen LogP contribution in [0.3, 0.4) is 0 Å². The van der Waals surface area contributed by atoms with Crippen molar-refractivity contribution in [3.05, 3.63) is 30.1 Å². The third-order valence-electron chi connectivity index (χ3n) is 5.33. The van der Waals surface area contributed by atoms with Crippen LogP contribution in [0.2, 0.25) is 0 Å². The molecule has 1 aromatic carbocycles. The van der Waals surface area contributed by atoms with E-state index in [9.17, 15) is 14.0 Å². The standard InChI is InChI=1S/C18H24FN3O2/c19-14-4-6-15(7-5-14)22-16(23)10-21-18(24)13-8-11-2-1-3-12(9-13)17(11)20/h4-7,11-13,17H,1-3,8-10,20H2,(H,21,24)(H,22,23). The van der Waals surface area contributed by atoms with Gasteiger partial charge in [0.25, 0.3) is 0 Å². The summed E-state index contributed by atoms with van der Waals surface area (Å²) in [6, 6.07) is 5.75. The fraction of sp³-hybridized carbons (Fsp3) is 0.556. The molecule has 2 fully saturated rings. The first kappa shape index (κ1) is 16.9. The average Bonchev–Trinajstić information content (AvgIpc) is 2.54. The molecule has 2 atom stereocenters. The van der Waals surface area contributed by atoms with Crippen molar-refractivity contribution < 1.29 is 14.0 Å². The van der Waals surface area contributed by atoms with Gasteiger partial charge in [0.15, 0.2) is 0 Å². The van der Waals surface area contributed by atoms with Crippen LogP contribution >= 0.6 is 0 Å². The summed E-state index contributed by atoms with van der Waals surface area (Å²) < 4.78 is 12.8. The van der Waals surface area contributed by atoms with Crippen molar-refractivity contribution in [3.8, 4) is 0 Å². The molecular weight excluding hydrogens is 309 g/mol. The van der Waals surface area contributed by atoms with Gasteiger partial charge >= 0.3 is 0 Å². The second kappa shape index (κ2) is 7.30. The summed E-state index contributed by atoms with van der Waals surface area (Å²) in [6.45, 7) is -0.0753. The summed E-state index contributed by atoms with van der Waals surface area (Å²) in [6.07, 6.45) is 5.06. The molecule has 0 radical (unpaired) electrons. The van der Waals surface area contributed by atoms with Crippen molar-refractivity contribution in [2.24, 2.45) is 23.5 Å². The van der Waals surface area contributed by atoms with Crippen LogP contribution in [0.4, 0.5) is 10.1 Å². The van der Waals surface area contributed by atoms with Crippen molar-refractivity contribution in [2.45, 2.75) is 38.1 Å². The van der Waals surface area contributed by atoms with E-state index < -0.39 is 0 Å². The van der Waals surface area contributed by atoms with E-state index >= 15 is 0 Å². The van der Waals surface area contributed by atoms with E-state index in [1.807, 2.05) is 0 Å². The van der Waals surface area contributed by atoms with Crippen LogP contribution in [0.25, 0.3) is 0 Å². The highest BCUT2D eigenvalue weighted by atomic mass is 19.1. The Labute approximate surface area is 141 Å². The van der Waals surface area contributed by atoms with E-state index in [2.05, 4.69) is 10.6 Å². The van der Waals surface area contributed by atoms with Crippen LogP contribution in [-0.4, -0.2) is 24.4 Å². The molecule has 0 spiro atoms. The third kappa shape index (κ3) is 3.93. The normalized spacial score (nSPS) is 28.9. The lowest BCUT2D eigenvalue weighted by Crippen LogP contribution is -2.49. The average molecular weight is 333 g/mol. The molecule has 0 aliphatic heterocycles. The van der Waals surface area contributed by atoms with Crippen molar-refractivity contribution in [1.29, 1.82) is 0 Å². The van der Waals surface area contributed by atoms with Crippen molar-refractivity contribution >= 4 is 17.5 Å². The van der Waals surface area contributed by atoms with Gasteiger partial charge in [-0.1, -0.05) is 6.42 Å². The molecule has 0 saturated heterocycles. The Morgan fingerprint density at radius 3 is 2.38 bits per heavy atom. The first-order chi connectivity index (χ1) is 11.5.